The van der Waals surface area contributed by atoms with Crippen molar-refractivity contribution in [2.45, 2.75) is 360 Å². The summed E-state index contributed by atoms with van der Waals surface area (Å²) in [5.74, 6) is -2.58. The van der Waals surface area contributed by atoms with Crippen LogP contribution in [-0.2, 0) is 76.3 Å². The lowest BCUT2D eigenvalue weighted by Crippen LogP contribution is -2.37. The predicted molar refractivity (Wildman–Crippen MR) is 354 cm³/mol. The molecule has 516 valence electrons. The largest absolute Gasteiger partial charge is 0.465 e. The number of carbonyl (C=O) groups excluding carboxylic acids is 8. The standard InChI is InChI=1S/C17H30O4.C16H28O4.C15H26O4.C14H24O4.8CH4/c1-5-16(3,4)15(19)20-13-10-14(18)21-17(6-2)11-8-7-9-12-17;1-5-15(2,3)14(18)19-12-9-13(17)20-16(4)10-7-6-8-11-16;1-5-14(3,4)13(17)18-11-12(16)19-15(6-2)9-7-8-10-15;1-5-13(2,3)12(16)17-10-11(15)18-14(4)8-6-7-9-14;;;;;;;;/h5-13H2,1-4H3;5-12H2,1-4H3;5-11H2,1-4H3;5-10H2,1-4H3;8*1H4. The average molecular weight is 1240 g/mol. The molecule has 4 saturated carbocycles. The maximum absolute atomic E-state index is 12.0. The van der Waals surface area contributed by atoms with E-state index in [1.807, 2.05) is 90.0 Å². The summed E-state index contributed by atoms with van der Waals surface area (Å²) in [4.78, 5) is 94.2. The molecule has 0 aromatic carbocycles. The Hall–Kier alpha value is -4.24. The van der Waals surface area contributed by atoms with E-state index in [1.165, 1.54) is 12.8 Å². The van der Waals surface area contributed by atoms with E-state index < -0.39 is 33.6 Å². The molecule has 4 aliphatic rings. The topological polar surface area (TPSA) is 210 Å². The van der Waals surface area contributed by atoms with Crippen molar-refractivity contribution in [2.24, 2.45) is 21.7 Å². The fourth-order valence-electron chi connectivity index (χ4n) is 9.15. The van der Waals surface area contributed by atoms with Crippen LogP contribution in [0.5, 0.6) is 0 Å². The molecule has 16 nitrogen and oxygen atoms in total. The summed E-state index contributed by atoms with van der Waals surface area (Å²) >= 11 is 0. The predicted octanol–water partition coefficient (Wildman–Crippen LogP) is 18.8. The third-order valence-electron chi connectivity index (χ3n) is 17.0. The average Bonchev–Trinajstić information content (AvgIpc) is 4.06. The van der Waals surface area contributed by atoms with Crippen molar-refractivity contribution in [3.05, 3.63) is 0 Å². The Kier molecular flexibility index (Phi) is 52.4. The molecule has 0 radical (unpaired) electrons. The maximum Gasteiger partial charge on any atom is 0.344 e. The van der Waals surface area contributed by atoms with Crippen LogP contribution < -0.4 is 0 Å². The quantitative estimate of drug-likeness (QED) is 0.0650. The van der Waals surface area contributed by atoms with Gasteiger partial charge in [0.05, 0.1) is 34.5 Å². The molecule has 86 heavy (non-hydrogen) atoms. The van der Waals surface area contributed by atoms with Crippen LogP contribution in [0, 0.1) is 21.7 Å². The molecule has 0 aromatic heterocycles. The lowest BCUT2D eigenvalue weighted by Gasteiger charge is -2.36. The van der Waals surface area contributed by atoms with E-state index in [1.54, 1.807) is 13.8 Å². The van der Waals surface area contributed by atoms with Crippen molar-refractivity contribution < 1.29 is 76.3 Å². The molecule has 4 aliphatic carbocycles. The second-order valence-electron chi connectivity index (χ2n) is 25.3. The molecule has 4 fully saturated rings. The third kappa shape index (κ3) is 35.7. The van der Waals surface area contributed by atoms with Crippen molar-refractivity contribution in [3.8, 4) is 0 Å². The fourth-order valence-corrected chi connectivity index (χ4v) is 9.15. The van der Waals surface area contributed by atoms with Gasteiger partial charge < -0.3 is 37.9 Å². The molecule has 0 N–H and O–H groups in total. The first-order valence-electron chi connectivity index (χ1n) is 29.8. The van der Waals surface area contributed by atoms with Gasteiger partial charge in [-0.25, -0.2) is 9.59 Å². The zero-order valence-corrected chi connectivity index (χ0v) is 51.7. The summed E-state index contributed by atoms with van der Waals surface area (Å²) in [7, 11) is 0. The van der Waals surface area contributed by atoms with Crippen LogP contribution in [0.25, 0.3) is 0 Å². The lowest BCUT2D eigenvalue weighted by molar-refractivity contribution is -0.173. The van der Waals surface area contributed by atoms with E-state index in [0.717, 1.165) is 122 Å². The zero-order chi connectivity index (χ0) is 59.5. The van der Waals surface area contributed by atoms with Crippen LogP contribution in [0.4, 0.5) is 0 Å². The maximum atomic E-state index is 12.0. The van der Waals surface area contributed by atoms with Gasteiger partial charge in [-0.05, 0) is 210 Å². The van der Waals surface area contributed by atoms with Crippen LogP contribution in [0.3, 0.4) is 0 Å². The summed E-state index contributed by atoms with van der Waals surface area (Å²) < 4.78 is 42.5. The molecular weight excluding hydrogens is 1100 g/mol. The van der Waals surface area contributed by atoms with Crippen LogP contribution in [0.15, 0.2) is 0 Å². The summed E-state index contributed by atoms with van der Waals surface area (Å²) in [5.41, 5.74) is -3.33. The van der Waals surface area contributed by atoms with Crippen LogP contribution in [0.2, 0.25) is 0 Å². The molecule has 4 rings (SSSR count). The highest BCUT2D eigenvalue weighted by molar-refractivity contribution is 5.81. The SMILES string of the molecule is C.C.C.C.C.C.C.C.CCC(C)(C)C(=O)OCC(=O)OC1(C)CCCC1.CCC(C)(C)C(=O)OCCC(=O)OC1(C)CCCCC1.CCC1(OC(=O)CCOC(=O)C(C)(C)CC)CCCCC1.CCC1(OC(=O)COC(=O)C(C)(C)CC)CCCC1. The highest BCUT2D eigenvalue weighted by atomic mass is 16.6. The number of esters is 8. The second-order valence-corrected chi connectivity index (χ2v) is 25.3. The minimum atomic E-state index is -0.546. The highest BCUT2D eigenvalue weighted by Crippen LogP contribution is 2.38. The van der Waals surface area contributed by atoms with Gasteiger partial charge in [0.1, 0.15) is 35.6 Å². The Balaban J connectivity index is -0.000000153. The molecular formula is C70H140O16. The van der Waals surface area contributed by atoms with Gasteiger partial charge in [0.25, 0.3) is 0 Å². The molecule has 0 saturated heterocycles. The van der Waals surface area contributed by atoms with E-state index in [0.29, 0.717) is 19.3 Å². The summed E-state index contributed by atoms with van der Waals surface area (Å²) in [6.07, 6.45) is 23.5. The first kappa shape index (κ1) is 98.0. The molecule has 0 unspecified atom stereocenters. The van der Waals surface area contributed by atoms with Crippen molar-refractivity contribution >= 4 is 47.8 Å². The van der Waals surface area contributed by atoms with E-state index >= 15 is 0 Å². The Labute approximate surface area is 529 Å². The monoisotopic (exact) mass is 1240 g/mol. The first-order chi connectivity index (χ1) is 36.3. The van der Waals surface area contributed by atoms with Crippen molar-refractivity contribution in [3.63, 3.8) is 0 Å². The smallest absolute Gasteiger partial charge is 0.344 e. The molecule has 0 spiro atoms. The van der Waals surface area contributed by atoms with Gasteiger partial charge in [0.2, 0.25) is 0 Å². The number of hydrogen-bond donors (Lipinski definition) is 0. The minimum Gasteiger partial charge on any atom is -0.465 e. The van der Waals surface area contributed by atoms with E-state index in [2.05, 4.69) is 6.92 Å². The number of carbonyl (C=O) groups is 8. The number of rotatable bonds is 24. The summed E-state index contributed by atoms with van der Waals surface area (Å²) in [6, 6.07) is 0. The second kappa shape index (κ2) is 45.9. The highest BCUT2D eigenvalue weighted by Gasteiger charge is 2.39. The van der Waals surface area contributed by atoms with E-state index in [4.69, 9.17) is 37.9 Å². The molecule has 0 aliphatic heterocycles. The Morgan fingerprint density at radius 1 is 0.314 bits per heavy atom. The Morgan fingerprint density at radius 3 is 0.826 bits per heavy atom. The molecule has 0 bridgehead atoms. The van der Waals surface area contributed by atoms with Gasteiger partial charge in [0, 0.05) is 0 Å². The zero-order valence-electron chi connectivity index (χ0n) is 51.7. The van der Waals surface area contributed by atoms with Crippen molar-refractivity contribution in [1.82, 2.24) is 0 Å². The normalized spacial score (nSPS) is 16.6. The van der Waals surface area contributed by atoms with Gasteiger partial charge in [0.15, 0.2) is 13.2 Å². The summed E-state index contributed by atoms with van der Waals surface area (Å²) in [5, 5.41) is 0. The molecule has 0 aromatic rings. The Bertz CT molecular complexity index is 1870. The van der Waals surface area contributed by atoms with Gasteiger partial charge in [-0.15, -0.1) is 0 Å². The van der Waals surface area contributed by atoms with Gasteiger partial charge in [-0.3, -0.25) is 28.8 Å². The van der Waals surface area contributed by atoms with Crippen LogP contribution in [0.1, 0.15) is 337 Å². The lowest BCUT2D eigenvalue weighted by atomic mass is 9.83. The fraction of sp³-hybridized carbons (Fsp3) is 0.886. The summed E-state index contributed by atoms with van der Waals surface area (Å²) in [6.45, 7) is 30.1. The van der Waals surface area contributed by atoms with Crippen LogP contribution >= 0.6 is 0 Å². The van der Waals surface area contributed by atoms with Crippen molar-refractivity contribution in [2.75, 3.05) is 26.4 Å². The van der Waals surface area contributed by atoms with Gasteiger partial charge in [-0.2, -0.15) is 0 Å². The third-order valence-corrected chi connectivity index (χ3v) is 17.0. The number of hydrogen-bond acceptors (Lipinski definition) is 16. The van der Waals surface area contributed by atoms with E-state index in [-0.39, 0.29) is 157 Å². The Morgan fingerprint density at radius 2 is 0.535 bits per heavy atom. The molecule has 0 heterocycles. The van der Waals surface area contributed by atoms with Crippen molar-refractivity contribution in [1.29, 1.82) is 0 Å². The van der Waals surface area contributed by atoms with E-state index in [9.17, 15) is 38.4 Å². The molecule has 0 atom stereocenters. The first-order valence-corrected chi connectivity index (χ1v) is 29.8. The minimum absolute atomic E-state index is 0. The molecule has 0 amide bonds. The van der Waals surface area contributed by atoms with Gasteiger partial charge in [-0.1, -0.05) is 114 Å². The molecule has 16 heteroatoms. The van der Waals surface area contributed by atoms with Gasteiger partial charge >= 0.3 is 47.8 Å². The van der Waals surface area contributed by atoms with Crippen LogP contribution in [-0.4, -0.2) is 96.6 Å². The number of ether oxygens (including phenoxy) is 8.